The van der Waals surface area contributed by atoms with Crippen molar-refractivity contribution in [1.82, 2.24) is 20.0 Å². The van der Waals surface area contributed by atoms with Crippen molar-refractivity contribution < 1.29 is 32.6 Å². The van der Waals surface area contributed by atoms with Crippen LogP contribution in [0.15, 0.2) is 53.4 Å². The zero-order valence-corrected chi connectivity index (χ0v) is 24.2. The highest BCUT2D eigenvalue weighted by atomic mass is 32.2. The van der Waals surface area contributed by atoms with Gasteiger partial charge >= 0.3 is 12.1 Å². The Morgan fingerprint density at radius 1 is 1.02 bits per heavy atom. The predicted molar refractivity (Wildman–Crippen MR) is 150 cm³/mol. The van der Waals surface area contributed by atoms with Gasteiger partial charge < -0.3 is 29.9 Å². The number of aliphatic carboxylic acids is 1. The van der Waals surface area contributed by atoms with E-state index in [-0.39, 0.29) is 17.1 Å². The fraction of sp³-hybridized carbons (Fsp3) is 0.464. The first kappa shape index (κ1) is 31.1. The lowest BCUT2D eigenvalue weighted by atomic mass is 10.0. The summed E-state index contributed by atoms with van der Waals surface area (Å²) < 4.78 is 31.9. The SMILES string of the molecule is Cc1ccc(S(=O)(=O)CN(C(=O)[C@@H]2CCCN2)[C@@H](Cc2ccc(OC(=O)N(C)CCN(C)C)cc2)C(=O)O)cc1. The fourth-order valence-electron chi connectivity index (χ4n) is 4.27. The summed E-state index contributed by atoms with van der Waals surface area (Å²) in [7, 11) is 1.42. The van der Waals surface area contributed by atoms with Crippen molar-refractivity contribution >= 4 is 27.8 Å². The van der Waals surface area contributed by atoms with Crippen molar-refractivity contribution in [3.05, 3.63) is 59.7 Å². The second-order valence-corrected chi connectivity index (χ2v) is 12.3. The number of amides is 2. The van der Waals surface area contributed by atoms with E-state index in [4.69, 9.17) is 4.74 Å². The van der Waals surface area contributed by atoms with Gasteiger partial charge in [0.25, 0.3) is 0 Å². The third kappa shape index (κ3) is 8.51. The van der Waals surface area contributed by atoms with Gasteiger partial charge in [-0.2, -0.15) is 0 Å². The average Bonchev–Trinajstić information content (AvgIpc) is 3.45. The summed E-state index contributed by atoms with van der Waals surface area (Å²) in [5, 5.41) is 13.2. The van der Waals surface area contributed by atoms with E-state index in [0.29, 0.717) is 31.6 Å². The second-order valence-electron chi connectivity index (χ2n) is 10.3. The summed E-state index contributed by atoms with van der Waals surface area (Å²) in [6.45, 7) is 3.58. The van der Waals surface area contributed by atoms with E-state index < -0.39 is 45.8 Å². The monoisotopic (exact) mass is 574 g/mol. The second kappa shape index (κ2) is 13.7. The number of hydrogen-bond acceptors (Lipinski definition) is 8. The van der Waals surface area contributed by atoms with Crippen LogP contribution in [0.3, 0.4) is 0 Å². The summed E-state index contributed by atoms with van der Waals surface area (Å²) in [5.41, 5.74) is 1.41. The number of carbonyl (C=O) groups is 3. The van der Waals surface area contributed by atoms with Crippen LogP contribution in [0.25, 0.3) is 0 Å². The highest BCUT2D eigenvalue weighted by Gasteiger charge is 2.38. The highest BCUT2D eigenvalue weighted by molar-refractivity contribution is 7.91. The maximum atomic E-state index is 13.4. The maximum Gasteiger partial charge on any atom is 0.415 e. The van der Waals surface area contributed by atoms with E-state index in [2.05, 4.69) is 5.32 Å². The van der Waals surface area contributed by atoms with E-state index in [1.54, 1.807) is 43.4 Å². The van der Waals surface area contributed by atoms with Crippen LogP contribution in [0.5, 0.6) is 5.75 Å². The molecule has 40 heavy (non-hydrogen) atoms. The highest BCUT2D eigenvalue weighted by Crippen LogP contribution is 2.21. The van der Waals surface area contributed by atoms with Crippen LogP contribution in [0.1, 0.15) is 24.0 Å². The van der Waals surface area contributed by atoms with Gasteiger partial charge in [0.1, 0.15) is 17.7 Å². The molecule has 2 aromatic rings. The quantitative estimate of drug-likeness (QED) is 0.390. The molecule has 0 aromatic heterocycles. The molecule has 2 amide bonds. The molecule has 1 saturated heterocycles. The van der Waals surface area contributed by atoms with Gasteiger partial charge in [0, 0.05) is 26.6 Å². The van der Waals surface area contributed by atoms with Crippen LogP contribution in [-0.2, 0) is 25.8 Å². The molecule has 0 saturated carbocycles. The first-order valence-corrected chi connectivity index (χ1v) is 14.8. The molecule has 218 valence electrons. The topological polar surface area (TPSA) is 137 Å². The minimum atomic E-state index is -4.01. The minimum Gasteiger partial charge on any atom is -0.480 e. The van der Waals surface area contributed by atoms with Gasteiger partial charge in [0.2, 0.25) is 5.91 Å². The molecule has 1 heterocycles. The number of rotatable bonds is 12. The average molecular weight is 575 g/mol. The maximum absolute atomic E-state index is 13.4. The number of ether oxygens (including phenoxy) is 1. The van der Waals surface area contributed by atoms with Crippen LogP contribution >= 0.6 is 0 Å². The van der Waals surface area contributed by atoms with Gasteiger partial charge in [-0.15, -0.1) is 0 Å². The molecule has 1 aliphatic heterocycles. The minimum absolute atomic E-state index is 0.0149. The van der Waals surface area contributed by atoms with Crippen molar-refractivity contribution in [2.24, 2.45) is 0 Å². The van der Waals surface area contributed by atoms with Gasteiger partial charge in [0.05, 0.1) is 10.9 Å². The number of nitrogens with one attached hydrogen (secondary N) is 1. The predicted octanol–water partition coefficient (Wildman–Crippen LogP) is 1.99. The number of nitrogens with zero attached hydrogens (tertiary/aromatic N) is 3. The third-order valence-electron chi connectivity index (χ3n) is 6.74. The lowest BCUT2D eigenvalue weighted by molar-refractivity contribution is -0.150. The van der Waals surface area contributed by atoms with Crippen LogP contribution in [0, 0.1) is 6.92 Å². The van der Waals surface area contributed by atoms with E-state index in [1.807, 2.05) is 25.9 Å². The molecular weight excluding hydrogens is 536 g/mol. The van der Waals surface area contributed by atoms with Gasteiger partial charge in [-0.1, -0.05) is 29.8 Å². The molecule has 0 aliphatic carbocycles. The lowest BCUT2D eigenvalue weighted by Crippen LogP contribution is -2.53. The smallest absolute Gasteiger partial charge is 0.415 e. The van der Waals surface area contributed by atoms with E-state index in [9.17, 15) is 27.9 Å². The Morgan fingerprint density at radius 2 is 1.68 bits per heavy atom. The van der Waals surface area contributed by atoms with Crippen molar-refractivity contribution in [1.29, 1.82) is 0 Å². The van der Waals surface area contributed by atoms with E-state index in [1.165, 1.54) is 17.0 Å². The zero-order chi connectivity index (χ0) is 29.4. The Morgan fingerprint density at radius 3 is 2.23 bits per heavy atom. The van der Waals surface area contributed by atoms with E-state index >= 15 is 0 Å². The molecule has 12 heteroatoms. The normalized spacial score (nSPS) is 16.0. The number of carboxylic acid groups (broad SMARTS) is 1. The van der Waals surface area contributed by atoms with E-state index in [0.717, 1.165) is 16.9 Å². The number of carboxylic acids is 1. The van der Waals surface area contributed by atoms with Crippen molar-refractivity contribution in [3.63, 3.8) is 0 Å². The molecule has 2 N–H and O–H groups in total. The molecule has 3 rings (SSSR count). The molecule has 2 aromatic carbocycles. The third-order valence-corrected chi connectivity index (χ3v) is 8.35. The molecule has 2 atom stereocenters. The molecule has 0 spiro atoms. The van der Waals surface area contributed by atoms with Crippen molar-refractivity contribution in [2.45, 2.75) is 43.2 Å². The molecule has 11 nitrogen and oxygen atoms in total. The largest absolute Gasteiger partial charge is 0.480 e. The number of likely N-dealkylation sites (N-methyl/N-ethyl adjacent to an activating group) is 2. The van der Waals surface area contributed by atoms with Crippen LogP contribution in [0.4, 0.5) is 4.79 Å². The van der Waals surface area contributed by atoms with Gasteiger partial charge in [-0.05, 0) is 70.2 Å². The number of aryl methyl sites for hydroxylation is 1. The molecule has 1 aliphatic rings. The van der Waals surface area contributed by atoms with Crippen LogP contribution in [0.2, 0.25) is 0 Å². The van der Waals surface area contributed by atoms with Crippen LogP contribution < -0.4 is 10.1 Å². The Bertz CT molecular complexity index is 1270. The molecule has 0 unspecified atom stereocenters. The summed E-state index contributed by atoms with van der Waals surface area (Å²) in [6.07, 6.45) is 0.570. The Balaban J connectivity index is 1.80. The van der Waals surface area contributed by atoms with Crippen molar-refractivity contribution in [2.75, 3.05) is 46.7 Å². The number of sulfone groups is 1. The van der Waals surface area contributed by atoms with Crippen molar-refractivity contribution in [3.8, 4) is 5.75 Å². The first-order chi connectivity index (χ1) is 18.9. The fourth-order valence-corrected chi connectivity index (χ4v) is 5.65. The number of benzene rings is 2. The summed E-state index contributed by atoms with van der Waals surface area (Å²) in [6, 6.07) is 10.4. The standard InChI is InChI=1S/C28H38N4O7S/c1-20-7-13-23(14-8-20)40(37,38)19-32(26(33)24-6-5-15-29-24)25(27(34)35)18-21-9-11-22(12-10-21)39-28(36)31(4)17-16-30(2)3/h7-14,24-25,29H,5-6,15-19H2,1-4H3,(H,34,35)/t24-,25-/m0/s1. The Kier molecular flexibility index (Phi) is 10.7. The molecular formula is C28H38N4O7S. The van der Waals surface area contributed by atoms with Gasteiger partial charge in [-0.25, -0.2) is 18.0 Å². The molecule has 0 radical (unpaired) electrons. The zero-order valence-electron chi connectivity index (χ0n) is 23.4. The Hall–Kier alpha value is -3.48. The summed E-state index contributed by atoms with van der Waals surface area (Å²) in [4.78, 5) is 42.6. The van der Waals surface area contributed by atoms with Crippen LogP contribution in [-0.4, -0.2) is 105 Å². The Labute approximate surface area is 235 Å². The van der Waals surface area contributed by atoms with Gasteiger partial charge in [-0.3, -0.25) is 4.79 Å². The summed E-state index contributed by atoms with van der Waals surface area (Å²) in [5.74, 6) is -2.36. The number of hydrogen-bond donors (Lipinski definition) is 2. The van der Waals surface area contributed by atoms with Gasteiger partial charge in [0.15, 0.2) is 9.84 Å². The molecule has 0 bridgehead atoms. The lowest BCUT2D eigenvalue weighted by Gasteiger charge is -2.31. The summed E-state index contributed by atoms with van der Waals surface area (Å²) >= 11 is 0. The first-order valence-electron chi connectivity index (χ1n) is 13.1. The number of carbonyl (C=O) groups excluding carboxylic acids is 2. The molecule has 1 fully saturated rings.